The summed E-state index contributed by atoms with van der Waals surface area (Å²) < 4.78 is 0. The molecule has 150 valence electrons. The number of aliphatic hydroxyl groups excluding tert-OH is 1. The number of carbonyl (C=O) groups is 1. The first-order chi connectivity index (χ1) is 13.9. The van der Waals surface area contributed by atoms with E-state index in [4.69, 9.17) is 0 Å². The first kappa shape index (κ1) is 19.2. The number of aliphatic hydroxyl groups is 1. The lowest BCUT2D eigenvalue weighted by Gasteiger charge is -2.22. The predicted molar refractivity (Wildman–Crippen MR) is 116 cm³/mol. The number of pyridine rings is 1. The topological polar surface area (TPSA) is 85.4 Å². The minimum atomic E-state index is -0.644. The molecule has 1 aliphatic heterocycles. The average Bonchev–Trinajstić information content (AvgIpc) is 3.22. The molecule has 1 unspecified atom stereocenters. The highest BCUT2D eigenvalue weighted by atomic mass is 16.3. The molecule has 3 N–H and O–H groups in total. The zero-order valence-corrected chi connectivity index (χ0v) is 16.7. The number of H-pyrrole nitrogens is 1. The maximum atomic E-state index is 13.2. The molecule has 29 heavy (non-hydrogen) atoms. The Morgan fingerprint density at radius 3 is 2.62 bits per heavy atom. The molecule has 1 aromatic heterocycles. The molecule has 2 aromatic carbocycles. The van der Waals surface area contributed by atoms with Crippen LogP contribution in [0.15, 0.2) is 47.3 Å². The molecule has 1 amide bonds. The van der Waals surface area contributed by atoms with Gasteiger partial charge in [0.25, 0.3) is 5.91 Å². The molecule has 1 saturated heterocycles. The minimum absolute atomic E-state index is 0.142. The van der Waals surface area contributed by atoms with Gasteiger partial charge in [0.1, 0.15) is 0 Å². The standard InChI is InChI=1S/C23H25N3O3/c1-14-11-22(28)25-20-7-6-17(13-18(14)20)24-23(29)19-12-16(15(2)27)5-8-21(19)26-9-3-4-10-26/h5-8,11-13,15,27H,3-4,9-10H2,1-2H3,(H,24,29)(H,25,28). The van der Waals surface area contributed by atoms with Crippen molar-refractivity contribution in [2.75, 3.05) is 23.3 Å². The number of nitrogens with one attached hydrogen (secondary N) is 2. The lowest BCUT2D eigenvalue weighted by Crippen LogP contribution is -2.23. The Balaban J connectivity index is 1.69. The summed E-state index contributed by atoms with van der Waals surface area (Å²) >= 11 is 0. The van der Waals surface area contributed by atoms with E-state index >= 15 is 0 Å². The molecule has 6 nitrogen and oxygen atoms in total. The van der Waals surface area contributed by atoms with E-state index in [2.05, 4.69) is 15.2 Å². The molecular weight excluding hydrogens is 366 g/mol. The third-order valence-electron chi connectivity index (χ3n) is 5.50. The van der Waals surface area contributed by atoms with Gasteiger partial charge in [-0.2, -0.15) is 0 Å². The van der Waals surface area contributed by atoms with Gasteiger partial charge in [0, 0.05) is 41.4 Å². The Bertz CT molecular complexity index is 1130. The number of hydrogen-bond donors (Lipinski definition) is 3. The molecule has 0 bridgehead atoms. The van der Waals surface area contributed by atoms with Crippen LogP contribution in [-0.4, -0.2) is 29.1 Å². The third kappa shape index (κ3) is 3.89. The summed E-state index contributed by atoms with van der Waals surface area (Å²) in [5.74, 6) is -0.212. The summed E-state index contributed by atoms with van der Waals surface area (Å²) in [6.45, 7) is 5.42. The molecule has 4 rings (SSSR count). The Morgan fingerprint density at radius 1 is 1.14 bits per heavy atom. The predicted octanol–water partition coefficient (Wildman–Crippen LogP) is 3.74. The van der Waals surface area contributed by atoms with Crippen LogP contribution in [0.3, 0.4) is 0 Å². The van der Waals surface area contributed by atoms with Gasteiger partial charge in [-0.05, 0) is 68.1 Å². The third-order valence-corrected chi connectivity index (χ3v) is 5.50. The van der Waals surface area contributed by atoms with Crippen molar-refractivity contribution >= 4 is 28.2 Å². The van der Waals surface area contributed by atoms with E-state index < -0.39 is 6.10 Å². The van der Waals surface area contributed by atoms with Crippen LogP contribution in [-0.2, 0) is 0 Å². The summed E-state index contributed by atoms with van der Waals surface area (Å²) in [5, 5.41) is 13.8. The summed E-state index contributed by atoms with van der Waals surface area (Å²) in [6.07, 6.45) is 1.58. The molecular formula is C23H25N3O3. The van der Waals surface area contributed by atoms with E-state index in [1.807, 2.05) is 25.1 Å². The molecule has 1 aliphatic rings. The fourth-order valence-electron chi connectivity index (χ4n) is 3.93. The number of amides is 1. The second-order valence-corrected chi connectivity index (χ2v) is 7.68. The van der Waals surface area contributed by atoms with Crippen LogP contribution in [0.2, 0.25) is 0 Å². The number of aromatic amines is 1. The van der Waals surface area contributed by atoms with Crippen molar-refractivity contribution in [2.45, 2.75) is 32.8 Å². The Morgan fingerprint density at radius 2 is 1.90 bits per heavy atom. The summed E-state index contributed by atoms with van der Waals surface area (Å²) in [7, 11) is 0. The van der Waals surface area contributed by atoms with Crippen molar-refractivity contribution in [1.29, 1.82) is 0 Å². The highest BCUT2D eigenvalue weighted by Crippen LogP contribution is 2.29. The van der Waals surface area contributed by atoms with Crippen molar-refractivity contribution in [2.24, 2.45) is 0 Å². The zero-order valence-electron chi connectivity index (χ0n) is 16.7. The van der Waals surface area contributed by atoms with Crippen molar-refractivity contribution < 1.29 is 9.90 Å². The molecule has 1 fully saturated rings. The van der Waals surface area contributed by atoms with Gasteiger partial charge in [-0.25, -0.2) is 0 Å². The monoisotopic (exact) mass is 391 g/mol. The van der Waals surface area contributed by atoms with Gasteiger partial charge in [0.15, 0.2) is 0 Å². The zero-order chi connectivity index (χ0) is 20.5. The SMILES string of the molecule is Cc1cc(=O)[nH]c2ccc(NC(=O)c3cc(C(C)O)ccc3N3CCCC3)cc12. The lowest BCUT2D eigenvalue weighted by molar-refractivity contribution is 0.102. The molecule has 0 saturated carbocycles. The highest BCUT2D eigenvalue weighted by Gasteiger charge is 2.21. The second kappa shape index (κ2) is 7.72. The number of hydrogen-bond acceptors (Lipinski definition) is 4. The molecule has 0 aliphatic carbocycles. The van der Waals surface area contributed by atoms with Crippen LogP contribution in [0.1, 0.15) is 47.4 Å². The van der Waals surface area contributed by atoms with Gasteiger partial charge in [-0.1, -0.05) is 6.07 Å². The first-order valence-electron chi connectivity index (χ1n) is 9.94. The summed E-state index contributed by atoms with van der Waals surface area (Å²) in [6, 6.07) is 12.6. The van der Waals surface area contributed by atoms with Crippen molar-refractivity contribution in [1.82, 2.24) is 4.98 Å². The first-order valence-corrected chi connectivity index (χ1v) is 9.94. The number of aryl methyl sites for hydroxylation is 1. The quantitative estimate of drug-likeness (QED) is 0.632. The average molecular weight is 391 g/mol. The highest BCUT2D eigenvalue weighted by molar-refractivity contribution is 6.09. The van der Waals surface area contributed by atoms with Crippen LogP contribution in [0.5, 0.6) is 0 Å². The van der Waals surface area contributed by atoms with Crippen molar-refractivity contribution in [3.05, 3.63) is 69.5 Å². The molecule has 2 heterocycles. The number of rotatable bonds is 4. The van der Waals surface area contributed by atoms with Crippen LogP contribution in [0.25, 0.3) is 10.9 Å². The molecule has 6 heteroatoms. The molecule has 0 spiro atoms. The fourth-order valence-corrected chi connectivity index (χ4v) is 3.93. The van der Waals surface area contributed by atoms with Crippen LogP contribution in [0.4, 0.5) is 11.4 Å². The van der Waals surface area contributed by atoms with Crippen LogP contribution < -0.4 is 15.8 Å². The normalized spacial score (nSPS) is 14.9. The number of aromatic nitrogens is 1. The largest absolute Gasteiger partial charge is 0.389 e. The van der Waals surface area contributed by atoms with E-state index in [0.29, 0.717) is 16.8 Å². The Labute approximate surface area is 169 Å². The van der Waals surface area contributed by atoms with Crippen molar-refractivity contribution in [3.63, 3.8) is 0 Å². The summed E-state index contributed by atoms with van der Waals surface area (Å²) in [5.41, 5.74) is 4.28. The molecule has 3 aromatic rings. The Kier molecular flexibility index (Phi) is 5.11. The molecule has 1 atom stereocenters. The van der Waals surface area contributed by atoms with Gasteiger partial charge in [-0.15, -0.1) is 0 Å². The number of nitrogens with zero attached hydrogens (tertiary/aromatic N) is 1. The van der Waals surface area contributed by atoms with E-state index in [9.17, 15) is 14.7 Å². The number of carbonyl (C=O) groups excluding carboxylic acids is 1. The van der Waals surface area contributed by atoms with Gasteiger partial charge >= 0.3 is 0 Å². The second-order valence-electron chi connectivity index (χ2n) is 7.68. The number of fused-ring (bicyclic) bond motifs is 1. The van der Waals surface area contributed by atoms with Crippen LogP contribution >= 0.6 is 0 Å². The van der Waals surface area contributed by atoms with Crippen molar-refractivity contribution in [3.8, 4) is 0 Å². The van der Waals surface area contributed by atoms with Gasteiger partial charge in [0.05, 0.1) is 11.7 Å². The minimum Gasteiger partial charge on any atom is -0.389 e. The van der Waals surface area contributed by atoms with E-state index in [-0.39, 0.29) is 11.5 Å². The number of anilines is 2. The van der Waals surface area contributed by atoms with E-state index in [1.165, 1.54) is 0 Å². The number of benzene rings is 2. The van der Waals surface area contributed by atoms with Crippen LogP contribution in [0, 0.1) is 6.92 Å². The Hall–Kier alpha value is -3.12. The maximum absolute atomic E-state index is 13.2. The van der Waals surface area contributed by atoms with Gasteiger partial charge in [0.2, 0.25) is 5.56 Å². The van der Waals surface area contributed by atoms with E-state index in [1.54, 1.807) is 31.2 Å². The molecule has 0 radical (unpaired) electrons. The van der Waals surface area contributed by atoms with Gasteiger partial charge < -0.3 is 20.3 Å². The maximum Gasteiger partial charge on any atom is 0.257 e. The van der Waals surface area contributed by atoms with Gasteiger partial charge in [-0.3, -0.25) is 9.59 Å². The van der Waals surface area contributed by atoms with E-state index in [0.717, 1.165) is 48.1 Å². The smallest absolute Gasteiger partial charge is 0.257 e. The lowest BCUT2D eigenvalue weighted by atomic mass is 10.0. The fraction of sp³-hybridized carbons (Fsp3) is 0.304. The summed E-state index contributed by atoms with van der Waals surface area (Å²) in [4.78, 5) is 29.8.